The van der Waals surface area contributed by atoms with E-state index in [4.69, 9.17) is 11.6 Å². The predicted octanol–water partition coefficient (Wildman–Crippen LogP) is 3.51. The lowest BCUT2D eigenvalue weighted by atomic mass is 10.2. The van der Waals surface area contributed by atoms with Gasteiger partial charge in [-0.3, -0.25) is 0 Å². The summed E-state index contributed by atoms with van der Waals surface area (Å²) in [7, 11) is 0. The van der Waals surface area contributed by atoms with Crippen LogP contribution in [0, 0.1) is 0 Å². The number of halogens is 1. The topological polar surface area (TPSA) is 38.1 Å². The van der Waals surface area contributed by atoms with Crippen molar-refractivity contribution in [3.8, 4) is 5.75 Å². The first-order valence-electron chi connectivity index (χ1n) is 5.63. The fourth-order valence-electron chi connectivity index (χ4n) is 2.58. The van der Waals surface area contributed by atoms with E-state index in [0.29, 0.717) is 16.8 Å². The molecule has 16 heavy (non-hydrogen) atoms. The van der Waals surface area contributed by atoms with Crippen LogP contribution in [0.1, 0.15) is 31.7 Å². The van der Waals surface area contributed by atoms with Crippen LogP contribution in [0.3, 0.4) is 0 Å². The molecule has 1 heterocycles. The van der Waals surface area contributed by atoms with E-state index in [1.807, 2.05) is 12.1 Å². The van der Waals surface area contributed by atoms with Gasteiger partial charge in [-0.1, -0.05) is 18.9 Å². The van der Waals surface area contributed by atoms with E-state index in [9.17, 15) is 5.11 Å². The quantitative estimate of drug-likeness (QED) is 0.823. The number of fused-ring (bicyclic) bond motifs is 1. The van der Waals surface area contributed by atoms with Crippen molar-refractivity contribution in [2.75, 3.05) is 0 Å². The van der Waals surface area contributed by atoms with E-state index in [0.717, 1.165) is 18.4 Å². The highest BCUT2D eigenvalue weighted by molar-refractivity contribution is 6.29. The van der Waals surface area contributed by atoms with Gasteiger partial charge in [-0.15, -0.1) is 0 Å². The Morgan fingerprint density at radius 3 is 2.81 bits per heavy atom. The summed E-state index contributed by atoms with van der Waals surface area (Å²) < 4.78 is 2.06. The molecule has 0 bridgehead atoms. The molecule has 0 spiro atoms. The minimum Gasteiger partial charge on any atom is -0.506 e. The van der Waals surface area contributed by atoms with Crippen molar-refractivity contribution >= 4 is 22.6 Å². The van der Waals surface area contributed by atoms with Gasteiger partial charge in [-0.2, -0.15) is 0 Å². The predicted molar refractivity (Wildman–Crippen MR) is 63.9 cm³/mol. The van der Waals surface area contributed by atoms with Gasteiger partial charge in [0.05, 0.1) is 5.52 Å². The minimum atomic E-state index is 0.205. The molecule has 0 amide bonds. The molecule has 1 aromatic carbocycles. The normalized spacial score (nSPS) is 17.3. The summed E-state index contributed by atoms with van der Waals surface area (Å²) in [4.78, 5) is 4.24. The van der Waals surface area contributed by atoms with Gasteiger partial charge in [0.1, 0.15) is 11.3 Å². The Morgan fingerprint density at radius 1 is 1.31 bits per heavy atom. The second-order valence-corrected chi connectivity index (χ2v) is 4.67. The zero-order valence-corrected chi connectivity index (χ0v) is 9.61. The average Bonchev–Trinajstić information content (AvgIpc) is 2.85. The van der Waals surface area contributed by atoms with Crippen LogP contribution in [-0.4, -0.2) is 14.7 Å². The highest BCUT2D eigenvalue weighted by Gasteiger charge is 2.22. The van der Waals surface area contributed by atoms with E-state index >= 15 is 0 Å². The first-order chi connectivity index (χ1) is 7.77. The number of phenols is 1. The number of para-hydroxylation sites is 1. The molecule has 0 atom stereocenters. The fraction of sp³-hybridized carbons (Fsp3) is 0.417. The molecule has 0 radical (unpaired) electrons. The van der Waals surface area contributed by atoms with E-state index in [2.05, 4.69) is 9.55 Å². The highest BCUT2D eigenvalue weighted by Crippen LogP contribution is 2.36. The molecule has 2 aromatic rings. The van der Waals surface area contributed by atoms with Gasteiger partial charge in [0, 0.05) is 6.04 Å². The van der Waals surface area contributed by atoms with E-state index in [1.165, 1.54) is 12.8 Å². The molecule has 1 N–H and O–H groups in total. The van der Waals surface area contributed by atoms with Gasteiger partial charge in [0.2, 0.25) is 5.28 Å². The lowest BCUT2D eigenvalue weighted by Crippen LogP contribution is -2.04. The van der Waals surface area contributed by atoms with Crippen molar-refractivity contribution in [3.05, 3.63) is 23.5 Å². The van der Waals surface area contributed by atoms with Crippen LogP contribution in [0.2, 0.25) is 5.28 Å². The van der Waals surface area contributed by atoms with E-state index in [1.54, 1.807) is 6.07 Å². The Kier molecular flexibility index (Phi) is 2.28. The Hall–Kier alpha value is -1.22. The van der Waals surface area contributed by atoms with Gasteiger partial charge >= 0.3 is 0 Å². The third-order valence-corrected chi connectivity index (χ3v) is 3.61. The molecule has 84 valence electrons. The largest absolute Gasteiger partial charge is 0.506 e. The second kappa shape index (κ2) is 3.67. The summed E-state index contributed by atoms with van der Waals surface area (Å²) in [5.41, 5.74) is 1.55. The number of aromatic nitrogens is 2. The Balaban J connectivity index is 2.22. The molecule has 1 aliphatic carbocycles. The van der Waals surface area contributed by atoms with Crippen LogP contribution in [-0.2, 0) is 0 Å². The standard InChI is InChI=1S/C12H13ClN2O/c13-12-14-11-9(6-3-7-10(11)16)15(12)8-4-1-2-5-8/h3,6-8,16H,1-2,4-5H2. The second-order valence-electron chi connectivity index (χ2n) is 4.33. The first-order valence-corrected chi connectivity index (χ1v) is 6.00. The zero-order valence-electron chi connectivity index (χ0n) is 8.86. The monoisotopic (exact) mass is 236 g/mol. The van der Waals surface area contributed by atoms with Gasteiger partial charge < -0.3 is 9.67 Å². The van der Waals surface area contributed by atoms with E-state index < -0.39 is 0 Å². The molecule has 1 aromatic heterocycles. The summed E-state index contributed by atoms with van der Waals surface area (Å²) in [6.07, 6.45) is 4.81. The molecule has 1 fully saturated rings. The maximum Gasteiger partial charge on any atom is 0.204 e. The molecule has 0 saturated heterocycles. The molecule has 1 aliphatic rings. The number of aromatic hydroxyl groups is 1. The Bertz CT molecular complexity index is 529. The Morgan fingerprint density at radius 2 is 2.06 bits per heavy atom. The number of hydrogen-bond donors (Lipinski definition) is 1. The van der Waals surface area contributed by atoms with Crippen molar-refractivity contribution in [2.24, 2.45) is 0 Å². The lowest BCUT2D eigenvalue weighted by Gasteiger charge is -2.13. The van der Waals surface area contributed by atoms with Crippen LogP contribution in [0.15, 0.2) is 18.2 Å². The van der Waals surface area contributed by atoms with Crippen molar-refractivity contribution in [1.82, 2.24) is 9.55 Å². The average molecular weight is 237 g/mol. The number of benzene rings is 1. The molecule has 3 rings (SSSR count). The summed E-state index contributed by atoms with van der Waals surface area (Å²) in [6.45, 7) is 0. The number of rotatable bonds is 1. The summed E-state index contributed by atoms with van der Waals surface area (Å²) in [5.74, 6) is 0.205. The number of phenolic OH excluding ortho intramolecular Hbond substituents is 1. The number of nitrogens with zero attached hydrogens (tertiary/aromatic N) is 2. The molecule has 0 unspecified atom stereocenters. The van der Waals surface area contributed by atoms with Gasteiger partial charge in [0.15, 0.2) is 0 Å². The van der Waals surface area contributed by atoms with E-state index in [-0.39, 0.29) is 5.75 Å². The SMILES string of the molecule is Oc1cccc2c1nc(Cl)n2C1CCCC1. The van der Waals surface area contributed by atoms with Gasteiger partial charge in [-0.05, 0) is 36.6 Å². The van der Waals surface area contributed by atoms with Crippen LogP contribution in [0.4, 0.5) is 0 Å². The fourth-order valence-corrected chi connectivity index (χ4v) is 2.90. The zero-order chi connectivity index (χ0) is 11.1. The number of imidazole rings is 1. The van der Waals surface area contributed by atoms with Gasteiger partial charge in [-0.25, -0.2) is 4.98 Å². The Labute approximate surface area is 98.7 Å². The summed E-state index contributed by atoms with van der Waals surface area (Å²) in [6, 6.07) is 5.89. The molecule has 4 heteroatoms. The summed E-state index contributed by atoms with van der Waals surface area (Å²) in [5, 5.41) is 10.2. The molecule has 0 aliphatic heterocycles. The van der Waals surface area contributed by atoms with Crippen LogP contribution >= 0.6 is 11.6 Å². The smallest absolute Gasteiger partial charge is 0.204 e. The van der Waals surface area contributed by atoms with Crippen molar-refractivity contribution in [2.45, 2.75) is 31.7 Å². The molecular weight excluding hydrogens is 224 g/mol. The minimum absolute atomic E-state index is 0.205. The van der Waals surface area contributed by atoms with Crippen molar-refractivity contribution in [1.29, 1.82) is 0 Å². The van der Waals surface area contributed by atoms with Crippen LogP contribution in [0.25, 0.3) is 11.0 Å². The highest BCUT2D eigenvalue weighted by atomic mass is 35.5. The van der Waals surface area contributed by atoms with Crippen molar-refractivity contribution in [3.63, 3.8) is 0 Å². The summed E-state index contributed by atoms with van der Waals surface area (Å²) >= 11 is 6.16. The molecule has 3 nitrogen and oxygen atoms in total. The van der Waals surface area contributed by atoms with Gasteiger partial charge in [0.25, 0.3) is 0 Å². The first kappa shape index (κ1) is 9.97. The maximum atomic E-state index is 9.72. The number of hydrogen-bond acceptors (Lipinski definition) is 2. The third-order valence-electron chi connectivity index (χ3n) is 3.35. The maximum absolute atomic E-state index is 9.72. The molecule has 1 saturated carbocycles. The lowest BCUT2D eigenvalue weighted by molar-refractivity contribution is 0.480. The van der Waals surface area contributed by atoms with Crippen LogP contribution < -0.4 is 0 Å². The van der Waals surface area contributed by atoms with Crippen molar-refractivity contribution < 1.29 is 5.11 Å². The molecular formula is C12H13ClN2O. The third kappa shape index (κ3) is 1.39. The van der Waals surface area contributed by atoms with Crippen LogP contribution in [0.5, 0.6) is 5.75 Å².